The molecule has 2 atom stereocenters. The molecule has 2 fully saturated rings. The lowest BCUT2D eigenvalue weighted by Gasteiger charge is -2.25. The molecule has 2 amide bonds. The molecule has 0 spiro atoms. The van der Waals surface area contributed by atoms with Gasteiger partial charge in [0.1, 0.15) is 18.0 Å². The monoisotopic (exact) mass is 501 g/mol. The fourth-order valence-corrected chi connectivity index (χ4v) is 5.09. The molecule has 9 heteroatoms. The Hall–Kier alpha value is -3.69. The van der Waals surface area contributed by atoms with Crippen LogP contribution in [-0.4, -0.2) is 69.0 Å². The normalized spacial score (nSPS) is 22.7. The van der Waals surface area contributed by atoms with Gasteiger partial charge < -0.3 is 24.3 Å². The number of aromatic nitrogens is 2. The van der Waals surface area contributed by atoms with E-state index in [-0.39, 0.29) is 30.5 Å². The van der Waals surface area contributed by atoms with Gasteiger partial charge in [0.2, 0.25) is 11.8 Å². The molecule has 9 nitrogen and oxygen atoms in total. The van der Waals surface area contributed by atoms with Crippen molar-refractivity contribution in [2.45, 2.75) is 50.7 Å². The van der Waals surface area contributed by atoms with Crippen molar-refractivity contribution < 1.29 is 19.1 Å². The van der Waals surface area contributed by atoms with E-state index in [1.807, 2.05) is 42.5 Å². The van der Waals surface area contributed by atoms with E-state index in [2.05, 4.69) is 21.3 Å². The minimum Gasteiger partial charge on any atom is -0.457 e. The SMILES string of the molecule is O=C1CN(C2CC2)Cc2cccc(c2)Oc2cccc(c2)CO[C@H]2CN(C(=O)Cn3ccnc3)C[C@@H]2N1. The Labute approximate surface area is 216 Å². The van der Waals surface area contributed by atoms with Gasteiger partial charge in [-0.05, 0) is 48.2 Å². The number of carbonyl (C=O) groups excluding carboxylic acids is 2. The van der Waals surface area contributed by atoms with Crippen LogP contribution >= 0.6 is 0 Å². The molecule has 1 aromatic heterocycles. The number of nitrogens with zero attached hydrogens (tertiary/aromatic N) is 4. The summed E-state index contributed by atoms with van der Waals surface area (Å²) in [7, 11) is 0. The Morgan fingerprint density at radius 3 is 2.57 bits per heavy atom. The van der Waals surface area contributed by atoms with Crippen molar-refractivity contribution in [3.8, 4) is 11.5 Å². The maximum atomic E-state index is 13.2. The highest BCUT2D eigenvalue weighted by Gasteiger charge is 2.38. The molecule has 6 rings (SSSR count). The summed E-state index contributed by atoms with van der Waals surface area (Å²) in [6.07, 6.45) is 6.94. The zero-order chi connectivity index (χ0) is 25.2. The largest absolute Gasteiger partial charge is 0.457 e. The quantitative estimate of drug-likeness (QED) is 0.594. The first kappa shape index (κ1) is 23.7. The van der Waals surface area contributed by atoms with E-state index in [4.69, 9.17) is 9.47 Å². The third-order valence-corrected chi connectivity index (χ3v) is 7.13. The van der Waals surface area contributed by atoms with Gasteiger partial charge in [-0.25, -0.2) is 4.98 Å². The van der Waals surface area contributed by atoms with Gasteiger partial charge >= 0.3 is 0 Å². The van der Waals surface area contributed by atoms with Gasteiger partial charge in [-0.15, -0.1) is 0 Å². The van der Waals surface area contributed by atoms with Crippen LogP contribution in [0, 0.1) is 0 Å². The first-order chi connectivity index (χ1) is 18.1. The summed E-state index contributed by atoms with van der Waals surface area (Å²) in [6.45, 7) is 2.38. The number of rotatable bonds is 3. The molecule has 0 unspecified atom stereocenters. The fourth-order valence-electron chi connectivity index (χ4n) is 5.09. The van der Waals surface area contributed by atoms with Crippen LogP contribution in [-0.2, 0) is 34.0 Å². The van der Waals surface area contributed by atoms with Crippen molar-refractivity contribution in [3.63, 3.8) is 0 Å². The van der Waals surface area contributed by atoms with Crippen LogP contribution in [0.25, 0.3) is 0 Å². The molecule has 1 saturated carbocycles. The Kier molecular flexibility index (Phi) is 6.63. The average Bonchev–Trinajstić information content (AvgIpc) is 3.47. The zero-order valence-electron chi connectivity index (χ0n) is 20.7. The van der Waals surface area contributed by atoms with Crippen molar-refractivity contribution in [1.82, 2.24) is 24.7 Å². The van der Waals surface area contributed by atoms with Crippen LogP contribution in [0.15, 0.2) is 67.3 Å². The maximum Gasteiger partial charge on any atom is 0.242 e. The number of fused-ring (bicyclic) bond motifs is 5. The van der Waals surface area contributed by atoms with Crippen LogP contribution in [0.3, 0.4) is 0 Å². The van der Waals surface area contributed by atoms with E-state index in [1.54, 1.807) is 28.2 Å². The topological polar surface area (TPSA) is 88.9 Å². The molecule has 1 saturated heterocycles. The van der Waals surface area contributed by atoms with Crippen LogP contribution in [0.2, 0.25) is 0 Å². The highest BCUT2D eigenvalue weighted by atomic mass is 16.5. The van der Waals surface area contributed by atoms with Gasteiger partial charge in [-0.2, -0.15) is 0 Å². The number of imidazole rings is 1. The van der Waals surface area contributed by atoms with Crippen LogP contribution in [0.1, 0.15) is 24.0 Å². The lowest BCUT2D eigenvalue weighted by Crippen LogP contribution is -2.48. The number of carbonyl (C=O) groups is 2. The van der Waals surface area contributed by atoms with Gasteiger partial charge in [0.25, 0.3) is 0 Å². The molecule has 3 heterocycles. The number of ether oxygens (including phenoxy) is 2. The summed E-state index contributed by atoms with van der Waals surface area (Å²) in [5.41, 5.74) is 2.08. The Morgan fingerprint density at radius 1 is 1.03 bits per heavy atom. The minimum absolute atomic E-state index is 0.0245. The molecular formula is C28H31N5O4. The van der Waals surface area contributed by atoms with Crippen molar-refractivity contribution >= 4 is 11.8 Å². The minimum atomic E-state index is -0.310. The summed E-state index contributed by atoms with van der Waals surface area (Å²) in [6, 6.07) is 16.0. The number of benzene rings is 2. The van der Waals surface area contributed by atoms with E-state index in [0.29, 0.717) is 38.8 Å². The molecule has 192 valence electrons. The lowest BCUT2D eigenvalue weighted by atomic mass is 10.1. The van der Waals surface area contributed by atoms with Crippen LogP contribution in [0.5, 0.6) is 11.5 Å². The van der Waals surface area contributed by atoms with Gasteiger partial charge in [0.05, 0.1) is 31.6 Å². The third-order valence-electron chi connectivity index (χ3n) is 7.13. The fraction of sp³-hybridized carbons (Fsp3) is 0.393. The number of nitrogens with one attached hydrogen (secondary N) is 1. The highest BCUT2D eigenvalue weighted by molar-refractivity contribution is 5.79. The maximum absolute atomic E-state index is 13.2. The Bertz CT molecular complexity index is 1260. The summed E-state index contributed by atoms with van der Waals surface area (Å²) < 4.78 is 14.2. The van der Waals surface area contributed by atoms with Crippen LogP contribution < -0.4 is 10.1 Å². The van der Waals surface area contributed by atoms with Crippen molar-refractivity contribution in [1.29, 1.82) is 0 Å². The van der Waals surface area contributed by atoms with Gasteiger partial charge in [0.15, 0.2) is 0 Å². The number of likely N-dealkylation sites (tertiary alicyclic amines) is 1. The predicted octanol–water partition coefficient (Wildman–Crippen LogP) is 2.57. The van der Waals surface area contributed by atoms with Gasteiger partial charge in [-0.1, -0.05) is 24.3 Å². The first-order valence-corrected chi connectivity index (χ1v) is 12.8. The zero-order valence-corrected chi connectivity index (χ0v) is 20.7. The molecule has 4 bridgehead atoms. The molecule has 3 aromatic rings. The summed E-state index contributed by atoms with van der Waals surface area (Å²) in [4.78, 5) is 34.2. The highest BCUT2D eigenvalue weighted by Crippen LogP contribution is 2.30. The molecule has 2 aromatic carbocycles. The van der Waals surface area contributed by atoms with E-state index in [0.717, 1.165) is 35.5 Å². The second kappa shape index (κ2) is 10.4. The molecule has 2 aliphatic heterocycles. The lowest BCUT2D eigenvalue weighted by molar-refractivity contribution is -0.131. The first-order valence-electron chi connectivity index (χ1n) is 12.8. The predicted molar refractivity (Wildman–Crippen MR) is 136 cm³/mol. The molecular weight excluding hydrogens is 470 g/mol. The van der Waals surface area contributed by atoms with Gasteiger partial charge in [-0.3, -0.25) is 14.5 Å². The smallest absolute Gasteiger partial charge is 0.242 e. The molecule has 37 heavy (non-hydrogen) atoms. The van der Waals surface area contributed by atoms with E-state index >= 15 is 0 Å². The summed E-state index contributed by atoms with van der Waals surface area (Å²) in [5.74, 6) is 1.45. The van der Waals surface area contributed by atoms with E-state index < -0.39 is 0 Å². The average molecular weight is 502 g/mol. The molecule has 0 radical (unpaired) electrons. The van der Waals surface area contributed by atoms with Crippen molar-refractivity contribution in [2.24, 2.45) is 0 Å². The number of hydrogen-bond donors (Lipinski definition) is 1. The van der Waals surface area contributed by atoms with E-state index in [1.165, 1.54) is 0 Å². The second-order valence-corrected chi connectivity index (χ2v) is 10.1. The Morgan fingerprint density at radius 2 is 1.81 bits per heavy atom. The molecule has 1 aliphatic carbocycles. The van der Waals surface area contributed by atoms with Gasteiger partial charge in [0, 0.05) is 38.1 Å². The van der Waals surface area contributed by atoms with Crippen molar-refractivity contribution in [2.75, 3.05) is 19.6 Å². The molecule has 3 aliphatic rings. The number of amides is 2. The van der Waals surface area contributed by atoms with Crippen LogP contribution in [0.4, 0.5) is 0 Å². The standard InChI is InChI=1S/C28H31N5O4/c34-27-16-32(22-7-8-22)13-20-3-1-5-23(11-20)37-24-6-2-4-21(12-24)18-36-26-15-33(14-25(26)30-27)28(35)17-31-10-9-29-19-31/h1-6,9-12,19,22,25-26H,7-8,13-18H2,(H,30,34)/t25-,26-/m0/s1. The molecule has 1 N–H and O–H groups in total. The third kappa shape index (κ3) is 5.84. The summed E-state index contributed by atoms with van der Waals surface area (Å²) >= 11 is 0. The second-order valence-electron chi connectivity index (χ2n) is 10.1. The number of hydrogen-bond acceptors (Lipinski definition) is 6. The van der Waals surface area contributed by atoms with E-state index in [9.17, 15) is 9.59 Å². The Balaban J connectivity index is 1.24. The summed E-state index contributed by atoms with van der Waals surface area (Å²) in [5, 5.41) is 3.19. The van der Waals surface area contributed by atoms with Crippen molar-refractivity contribution in [3.05, 3.63) is 78.4 Å².